The van der Waals surface area contributed by atoms with Gasteiger partial charge >= 0.3 is 0 Å². The van der Waals surface area contributed by atoms with E-state index in [1.54, 1.807) is 25.2 Å². The van der Waals surface area contributed by atoms with Gasteiger partial charge in [0, 0.05) is 32.9 Å². The maximum atomic E-state index is 12.2. The summed E-state index contributed by atoms with van der Waals surface area (Å²) in [6.07, 6.45) is 1.52. The molecule has 96 valence electrons. The highest BCUT2D eigenvalue weighted by atomic mass is 16.5. The van der Waals surface area contributed by atoms with Gasteiger partial charge in [-0.3, -0.25) is 4.79 Å². The number of hydrogen-bond donors (Lipinski definition) is 0. The average molecular weight is 241 g/mol. The third-order valence-corrected chi connectivity index (χ3v) is 2.47. The molecule has 1 heterocycles. The Morgan fingerprint density at radius 1 is 1.29 bits per heavy atom. The number of rotatable bonds is 7. The lowest BCUT2D eigenvalue weighted by Gasteiger charge is -2.21. The second-order valence-electron chi connectivity index (χ2n) is 3.71. The number of nitrogens with zero attached hydrogens (tertiary/aromatic N) is 1. The Morgan fingerprint density at radius 2 is 1.88 bits per heavy atom. The minimum atomic E-state index is -0.124. The molecular formula is C12H19NO4. The topological polar surface area (TPSA) is 51.9 Å². The van der Waals surface area contributed by atoms with Crippen molar-refractivity contribution in [1.29, 1.82) is 0 Å². The SMILES string of the molecule is COCCN(CCOC)C(=O)c1occc1C. The molecule has 0 saturated heterocycles. The molecule has 1 rings (SSSR count). The van der Waals surface area contributed by atoms with Crippen LogP contribution in [-0.2, 0) is 9.47 Å². The van der Waals surface area contributed by atoms with Crippen LogP contribution in [0.1, 0.15) is 16.1 Å². The summed E-state index contributed by atoms with van der Waals surface area (Å²) in [6.45, 7) is 3.89. The third kappa shape index (κ3) is 3.87. The fraction of sp³-hybridized carbons (Fsp3) is 0.583. The maximum absolute atomic E-state index is 12.2. The van der Waals surface area contributed by atoms with Gasteiger partial charge < -0.3 is 18.8 Å². The Labute approximate surface area is 101 Å². The highest BCUT2D eigenvalue weighted by Crippen LogP contribution is 2.11. The predicted molar refractivity (Wildman–Crippen MR) is 63.1 cm³/mol. The quantitative estimate of drug-likeness (QED) is 0.722. The highest BCUT2D eigenvalue weighted by molar-refractivity contribution is 5.92. The van der Waals surface area contributed by atoms with Gasteiger partial charge in [0.15, 0.2) is 5.76 Å². The molecule has 5 heteroatoms. The van der Waals surface area contributed by atoms with E-state index in [1.807, 2.05) is 6.92 Å². The Morgan fingerprint density at radius 3 is 2.29 bits per heavy atom. The van der Waals surface area contributed by atoms with Crippen molar-refractivity contribution in [3.05, 3.63) is 23.7 Å². The molecule has 0 aliphatic carbocycles. The van der Waals surface area contributed by atoms with Gasteiger partial charge in [-0.05, 0) is 13.0 Å². The van der Waals surface area contributed by atoms with Gasteiger partial charge in [0.25, 0.3) is 5.91 Å². The van der Waals surface area contributed by atoms with Gasteiger partial charge in [0.2, 0.25) is 0 Å². The van der Waals surface area contributed by atoms with Crippen molar-refractivity contribution >= 4 is 5.91 Å². The monoisotopic (exact) mass is 241 g/mol. The van der Waals surface area contributed by atoms with Crippen molar-refractivity contribution < 1.29 is 18.7 Å². The van der Waals surface area contributed by atoms with E-state index < -0.39 is 0 Å². The summed E-state index contributed by atoms with van der Waals surface area (Å²) in [6, 6.07) is 1.78. The second kappa shape index (κ2) is 7.09. The van der Waals surface area contributed by atoms with Crippen LogP contribution in [0.5, 0.6) is 0 Å². The van der Waals surface area contributed by atoms with Gasteiger partial charge in [-0.15, -0.1) is 0 Å². The van der Waals surface area contributed by atoms with E-state index in [0.29, 0.717) is 32.1 Å². The number of furan rings is 1. The second-order valence-corrected chi connectivity index (χ2v) is 3.71. The van der Waals surface area contributed by atoms with Gasteiger partial charge in [-0.1, -0.05) is 0 Å². The van der Waals surface area contributed by atoms with E-state index in [4.69, 9.17) is 13.9 Å². The molecule has 0 fully saturated rings. The molecule has 0 aromatic carbocycles. The molecule has 0 spiro atoms. The lowest BCUT2D eigenvalue weighted by Crippen LogP contribution is -2.36. The van der Waals surface area contributed by atoms with Crippen molar-refractivity contribution in [2.24, 2.45) is 0 Å². The van der Waals surface area contributed by atoms with E-state index in [9.17, 15) is 4.79 Å². The van der Waals surface area contributed by atoms with Crippen molar-refractivity contribution in [2.45, 2.75) is 6.92 Å². The first-order valence-electron chi connectivity index (χ1n) is 5.52. The standard InChI is InChI=1S/C12H19NO4/c1-10-4-7-17-11(10)12(14)13(5-8-15-2)6-9-16-3/h4,7H,5-6,8-9H2,1-3H3. The summed E-state index contributed by atoms with van der Waals surface area (Å²) >= 11 is 0. The van der Waals surface area contributed by atoms with Crippen LogP contribution in [0, 0.1) is 6.92 Å². The van der Waals surface area contributed by atoms with Crippen LogP contribution >= 0.6 is 0 Å². The molecule has 0 radical (unpaired) electrons. The molecule has 5 nitrogen and oxygen atoms in total. The Hall–Kier alpha value is -1.33. The van der Waals surface area contributed by atoms with Crippen LogP contribution in [0.2, 0.25) is 0 Å². The zero-order chi connectivity index (χ0) is 12.7. The highest BCUT2D eigenvalue weighted by Gasteiger charge is 2.19. The summed E-state index contributed by atoms with van der Waals surface area (Å²) in [5, 5.41) is 0. The van der Waals surface area contributed by atoms with Crippen LogP contribution in [0.15, 0.2) is 16.7 Å². The van der Waals surface area contributed by atoms with Crippen molar-refractivity contribution in [1.82, 2.24) is 4.90 Å². The molecule has 1 aromatic rings. The maximum Gasteiger partial charge on any atom is 0.289 e. The van der Waals surface area contributed by atoms with E-state index in [-0.39, 0.29) is 5.91 Å². The number of aryl methyl sites for hydroxylation is 1. The van der Waals surface area contributed by atoms with Gasteiger partial charge in [-0.25, -0.2) is 0 Å². The molecule has 0 saturated carbocycles. The molecule has 0 unspecified atom stereocenters. The van der Waals surface area contributed by atoms with Crippen LogP contribution in [0.25, 0.3) is 0 Å². The third-order valence-electron chi connectivity index (χ3n) is 2.47. The fourth-order valence-electron chi connectivity index (χ4n) is 1.45. The number of amides is 1. The van der Waals surface area contributed by atoms with Crippen LogP contribution in [-0.4, -0.2) is 51.3 Å². The molecule has 0 N–H and O–H groups in total. The summed E-state index contributed by atoms with van der Waals surface area (Å²) in [5.41, 5.74) is 0.842. The van der Waals surface area contributed by atoms with Gasteiger partial charge in [-0.2, -0.15) is 0 Å². The summed E-state index contributed by atoms with van der Waals surface area (Å²) in [4.78, 5) is 13.8. The Bertz CT molecular complexity index is 340. The smallest absolute Gasteiger partial charge is 0.289 e. The predicted octanol–water partition coefficient (Wildman–Crippen LogP) is 1.32. The molecule has 1 aromatic heterocycles. The zero-order valence-electron chi connectivity index (χ0n) is 10.6. The van der Waals surface area contributed by atoms with Crippen molar-refractivity contribution in [3.63, 3.8) is 0 Å². The van der Waals surface area contributed by atoms with Crippen molar-refractivity contribution in [3.8, 4) is 0 Å². The lowest BCUT2D eigenvalue weighted by molar-refractivity contribution is 0.0597. The van der Waals surface area contributed by atoms with E-state index in [0.717, 1.165) is 5.56 Å². The Kier molecular flexibility index (Phi) is 5.72. The van der Waals surface area contributed by atoms with E-state index >= 15 is 0 Å². The van der Waals surface area contributed by atoms with E-state index in [1.165, 1.54) is 6.26 Å². The first-order chi connectivity index (χ1) is 8.20. The molecular weight excluding hydrogens is 222 g/mol. The minimum Gasteiger partial charge on any atom is -0.459 e. The molecule has 0 atom stereocenters. The summed E-state index contributed by atoms with van der Waals surface area (Å²) in [7, 11) is 3.22. The zero-order valence-corrected chi connectivity index (χ0v) is 10.6. The average Bonchev–Trinajstić information content (AvgIpc) is 2.75. The summed E-state index contributed by atoms with van der Waals surface area (Å²) in [5.74, 6) is 0.263. The number of ether oxygens (including phenoxy) is 2. The first kappa shape index (κ1) is 13.7. The Balaban J connectivity index is 2.68. The molecule has 0 aliphatic heterocycles. The normalized spacial score (nSPS) is 10.5. The first-order valence-corrected chi connectivity index (χ1v) is 5.52. The summed E-state index contributed by atoms with van der Waals surface area (Å²) < 4.78 is 15.2. The number of carbonyl (C=O) groups excluding carboxylic acids is 1. The van der Waals surface area contributed by atoms with Crippen LogP contribution in [0.3, 0.4) is 0 Å². The number of methoxy groups -OCH3 is 2. The molecule has 0 aliphatic rings. The number of hydrogen-bond acceptors (Lipinski definition) is 4. The fourth-order valence-corrected chi connectivity index (χ4v) is 1.45. The van der Waals surface area contributed by atoms with E-state index in [2.05, 4.69) is 0 Å². The molecule has 17 heavy (non-hydrogen) atoms. The minimum absolute atomic E-state index is 0.124. The lowest BCUT2D eigenvalue weighted by atomic mass is 10.2. The molecule has 1 amide bonds. The largest absolute Gasteiger partial charge is 0.459 e. The van der Waals surface area contributed by atoms with Crippen LogP contribution < -0.4 is 0 Å². The van der Waals surface area contributed by atoms with Crippen LogP contribution in [0.4, 0.5) is 0 Å². The molecule has 0 bridgehead atoms. The van der Waals surface area contributed by atoms with Gasteiger partial charge in [0.1, 0.15) is 0 Å². The number of carbonyl (C=O) groups is 1. The van der Waals surface area contributed by atoms with Crippen molar-refractivity contribution in [2.75, 3.05) is 40.5 Å². The van der Waals surface area contributed by atoms with Gasteiger partial charge in [0.05, 0.1) is 19.5 Å².